The van der Waals surface area contributed by atoms with Gasteiger partial charge in [-0.3, -0.25) is 4.79 Å². The first-order chi connectivity index (χ1) is 8.74. The molecule has 0 spiro atoms. The lowest BCUT2D eigenvalue weighted by atomic mass is 9.85. The van der Waals surface area contributed by atoms with E-state index in [9.17, 15) is 4.79 Å². The van der Waals surface area contributed by atoms with Gasteiger partial charge in [-0.25, -0.2) is 0 Å². The number of nitrogens with zero attached hydrogens (tertiary/aromatic N) is 1. The lowest BCUT2D eigenvalue weighted by Gasteiger charge is -2.29. The van der Waals surface area contributed by atoms with Crippen molar-refractivity contribution in [2.75, 3.05) is 13.7 Å². The average Bonchev–Trinajstić information content (AvgIpc) is 3.21. The quantitative estimate of drug-likeness (QED) is 0.728. The largest absolute Gasteiger partial charge is 0.381 e. The molecule has 0 radical (unpaired) electrons. The number of carbonyl (C=O) groups is 1. The highest BCUT2D eigenvalue weighted by Crippen LogP contribution is 2.32. The third-order valence-electron chi connectivity index (χ3n) is 4.36. The summed E-state index contributed by atoms with van der Waals surface area (Å²) in [4.78, 5) is 14.5. The molecule has 0 heterocycles. The Morgan fingerprint density at radius 3 is 2.33 bits per heavy atom. The van der Waals surface area contributed by atoms with Gasteiger partial charge >= 0.3 is 0 Å². The summed E-state index contributed by atoms with van der Waals surface area (Å²) in [6.07, 6.45) is 9.32. The first-order valence-electron chi connectivity index (χ1n) is 7.56. The third-order valence-corrected chi connectivity index (χ3v) is 4.36. The van der Waals surface area contributed by atoms with E-state index < -0.39 is 0 Å². The summed E-state index contributed by atoms with van der Waals surface area (Å²) in [6.45, 7) is 3.11. The Morgan fingerprint density at radius 1 is 1.17 bits per heavy atom. The number of ether oxygens (including phenoxy) is 1. The molecule has 0 atom stereocenters. The summed E-state index contributed by atoms with van der Waals surface area (Å²) in [5, 5.41) is 0. The number of amides is 1. The van der Waals surface area contributed by atoms with Crippen LogP contribution in [0.5, 0.6) is 0 Å². The monoisotopic (exact) mass is 253 g/mol. The number of methoxy groups -OCH3 is 1. The van der Waals surface area contributed by atoms with Gasteiger partial charge in [0.05, 0.1) is 6.10 Å². The molecule has 0 aromatic heterocycles. The van der Waals surface area contributed by atoms with Gasteiger partial charge in [0.1, 0.15) is 0 Å². The molecule has 18 heavy (non-hydrogen) atoms. The summed E-state index contributed by atoms with van der Waals surface area (Å²) in [6, 6.07) is 0.577. The molecule has 0 aromatic rings. The van der Waals surface area contributed by atoms with Gasteiger partial charge in [-0.1, -0.05) is 6.92 Å². The van der Waals surface area contributed by atoms with Crippen LogP contribution in [-0.4, -0.2) is 36.6 Å². The van der Waals surface area contributed by atoms with Crippen molar-refractivity contribution in [1.82, 2.24) is 4.90 Å². The van der Waals surface area contributed by atoms with Crippen molar-refractivity contribution in [2.24, 2.45) is 5.92 Å². The SMILES string of the molecule is CCCN(C(=O)CC1CCC(OC)CC1)C1CC1. The second-order valence-corrected chi connectivity index (χ2v) is 5.90. The highest BCUT2D eigenvalue weighted by molar-refractivity contribution is 5.77. The molecule has 2 saturated carbocycles. The Bertz CT molecular complexity index is 268. The van der Waals surface area contributed by atoms with E-state index in [1.54, 1.807) is 7.11 Å². The van der Waals surface area contributed by atoms with Gasteiger partial charge in [-0.05, 0) is 50.9 Å². The van der Waals surface area contributed by atoms with Crippen LogP contribution < -0.4 is 0 Å². The van der Waals surface area contributed by atoms with Gasteiger partial charge in [0, 0.05) is 26.1 Å². The lowest BCUT2D eigenvalue weighted by molar-refractivity contribution is -0.133. The molecular formula is C15H27NO2. The molecular weight excluding hydrogens is 226 g/mol. The van der Waals surface area contributed by atoms with Crippen LogP contribution in [-0.2, 0) is 9.53 Å². The number of hydrogen-bond donors (Lipinski definition) is 0. The van der Waals surface area contributed by atoms with Gasteiger partial charge in [-0.2, -0.15) is 0 Å². The molecule has 2 rings (SSSR count). The summed E-state index contributed by atoms with van der Waals surface area (Å²) in [5.74, 6) is 1.00. The molecule has 1 amide bonds. The van der Waals surface area contributed by atoms with Crippen LogP contribution in [0.4, 0.5) is 0 Å². The van der Waals surface area contributed by atoms with Gasteiger partial charge in [0.2, 0.25) is 5.91 Å². The Kier molecular flexibility index (Phi) is 5.04. The number of carbonyl (C=O) groups excluding carboxylic acids is 1. The van der Waals surface area contributed by atoms with Crippen LogP contribution >= 0.6 is 0 Å². The Hall–Kier alpha value is -0.570. The highest BCUT2D eigenvalue weighted by Gasteiger charge is 2.33. The van der Waals surface area contributed by atoms with Crippen LogP contribution in [0.25, 0.3) is 0 Å². The maximum Gasteiger partial charge on any atom is 0.223 e. The molecule has 3 heteroatoms. The van der Waals surface area contributed by atoms with E-state index in [4.69, 9.17) is 4.74 Å². The number of hydrogen-bond acceptors (Lipinski definition) is 2. The first-order valence-corrected chi connectivity index (χ1v) is 7.56. The molecule has 0 aromatic carbocycles. The minimum absolute atomic E-state index is 0.403. The zero-order valence-electron chi connectivity index (χ0n) is 11.9. The van der Waals surface area contributed by atoms with E-state index in [1.807, 2.05) is 0 Å². The fourth-order valence-electron chi connectivity index (χ4n) is 3.07. The Morgan fingerprint density at radius 2 is 1.83 bits per heavy atom. The summed E-state index contributed by atoms with van der Waals surface area (Å²) >= 11 is 0. The summed E-state index contributed by atoms with van der Waals surface area (Å²) in [7, 11) is 1.80. The van der Waals surface area contributed by atoms with Crippen LogP contribution in [0.1, 0.15) is 58.3 Å². The van der Waals surface area contributed by atoms with Gasteiger partial charge in [0.25, 0.3) is 0 Å². The predicted octanol–water partition coefficient (Wildman–Crippen LogP) is 2.98. The van der Waals surface area contributed by atoms with Crippen molar-refractivity contribution < 1.29 is 9.53 Å². The standard InChI is InChI=1S/C15H27NO2/c1-3-10-16(13-6-7-13)15(17)11-12-4-8-14(18-2)9-5-12/h12-14H,3-11H2,1-2H3. The van der Waals surface area contributed by atoms with Crippen molar-refractivity contribution in [3.05, 3.63) is 0 Å². The van der Waals surface area contributed by atoms with Gasteiger partial charge < -0.3 is 9.64 Å². The molecule has 2 fully saturated rings. The van der Waals surface area contributed by atoms with E-state index in [1.165, 1.54) is 12.8 Å². The minimum atomic E-state index is 0.403. The van der Waals surface area contributed by atoms with Crippen molar-refractivity contribution in [3.8, 4) is 0 Å². The molecule has 3 nitrogen and oxygen atoms in total. The van der Waals surface area contributed by atoms with E-state index in [0.29, 0.717) is 24.0 Å². The van der Waals surface area contributed by atoms with E-state index in [-0.39, 0.29) is 0 Å². The van der Waals surface area contributed by atoms with Gasteiger partial charge in [-0.15, -0.1) is 0 Å². The van der Waals surface area contributed by atoms with Crippen LogP contribution in [0.15, 0.2) is 0 Å². The van der Waals surface area contributed by atoms with E-state index in [2.05, 4.69) is 11.8 Å². The maximum atomic E-state index is 12.3. The average molecular weight is 253 g/mol. The van der Waals surface area contributed by atoms with E-state index in [0.717, 1.165) is 45.1 Å². The zero-order chi connectivity index (χ0) is 13.0. The fourth-order valence-corrected chi connectivity index (χ4v) is 3.07. The first kappa shape index (κ1) is 13.9. The molecule has 104 valence electrons. The van der Waals surface area contributed by atoms with Crippen LogP contribution in [0.2, 0.25) is 0 Å². The fraction of sp³-hybridized carbons (Fsp3) is 0.933. The third kappa shape index (κ3) is 3.71. The molecule has 2 aliphatic rings. The lowest BCUT2D eigenvalue weighted by Crippen LogP contribution is -2.35. The predicted molar refractivity (Wildman–Crippen MR) is 72.4 cm³/mol. The van der Waals surface area contributed by atoms with Crippen molar-refractivity contribution in [1.29, 1.82) is 0 Å². The van der Waals surface area contributed by atoms with Crippen molar-refractivity contribution in [3.63, 3.8) is 0 Å². The Labute approximate surface area is 111 Å². The second kappa shape index (κ2) is 6.55. The van der Waals surface area contributed by atoms with Gasteiger partial charge in [0.15, 0.2) is 0 Å². The summed E-state index contributed by atoms with van der Waals surface area (Å²) < 4.78 is 5.38. The minimum Gasteiger partial charge on any atom is -0.381 e. The molecule has 0 saturated heterocycles. The highest BCUT2D eigenvalue weighted by atomic mass is 16.5. The Balaban J connectivity index is 1.76. The topological polar surface area (TPSA) is 29.5 Å². The van der Waals surface area contributed by atoms with Crippen molar-refractivity contribution in [2.45, 2.75) is 70.4 Å². The molecule has 0 aliphatic heterocycles. The van der Waals surface area contributed by atoms with Crippen LogP contribution in [0.3, 0.4) is 0 Å². The molecule has 0 bridgehead atoms. The number of rotatable bonds is 6. The van der Waals surface area contributed by atoms with Crippen LogP contribution in [0, 0.1) is 5.92 Å². The normalized spacial score (nSPS) is 28.1. The van der Waals surface area contributed by atoms with E-state index >= 15 is 0 Å². The molecule has 0 unspecified atom stereocenters. The zero-order valence-corrected chi connectivity index (χ0v) is 11.9. The second-order valence-electron chi connectivity index (χ2n) is 5.90. The molecule has 2 aliphatic carbocycles. The molecule has 0 N–H and O–H groups in total. The van der Waals surface area contributed by atoms with Crippen molar-refractivity contribution >= 4 is 5.91 Å². The summed E-state index contributed by atoms with van der Waals surface area (Å²) in [5.41, 5.74) is 0. The smallest absolute Gasteiger partial charge is 0.223 e. The maximum absolute atomic E-state index is 12.3.